The smallest absolute Gasteiger partial charge is 0.335 e. The second-order valence-corrected chi connectivity index (χ2v) is 7.18. The van der Waals surface area contributed by atoms with Crippen LogP contribution in [-0.4, -0.2) is 30.0 Å². The Bertz CT molecular complexity index is 1240. The quantitative estimate of drug-likeness (QED) is 0.427. The largest absolute Gasteiger partial charge is 0.493 e. The number of carbonyl (C=O) groups is 3. The minimum atomic E-state index is -0.991. The Balaban J connectivity index is 1.50. The molecule has 0 unspecified atom stereocenters. The van der Waals surface area contributed by atoms with Crippen molar-refractivity contribution in [3.63, 3.8) is 0 Å². The summed E-state index contributed by atoms with van der Waals surface area (Å²) in [6.07, 6.45) is 1.50. The maximum absolute atomic E-state index is 12.7. The lowest BCUT2D eigenvalue weighted by molar-refractivity contribution is -0.117. The molecule has 1 heterocycles. The van der Waals surface area contributed by atoms with E-state index in [1.165, 1.54) is 30.3 Å². The third-order valence-electron chi connectivity index (χ3n) is 5.00. The number of anilines is 1. The van der Waals surface area contributed by atoms with Crippen LogP contribution in [-0.2, 0) is 16.2 Å². The predicted molar refractivity (Wildman–Crippen MR) is 121 cm³/mol. The summed E-state index contributed by atoms with van der Waals surface area (Å²) in [6, 6.07) is 20.3. The summed E-state index contributed by atoms with van der Waals surface area (Å²) in [4.78, 5) is 36.1. The first-order chi connectivity index (χ1) is 16.0. The lowest BCUT2D eigenvalue weighted by Crippen LogP contribution is -2.35. The van der Waals surface area contributed by atoms with Crippen LogP contribution in [0.15, 0.2) is 78.4 Å². The van der Waals surface area contributed by atoms with Crippen molar-refractivity contribution in [3.8, 4) is 11.5 Å². The molecule has 166 valence electrons. The molecule has 8 heteroatoms. The number of carboxylic acids is 1. The number of carbonyl (C=O) groups excluding carboxylic acids is 2. The SMILES string of the molecule is COc1cc(/C=C2/C(=O)NN(c3ccccc3)C2=O)ccc1OCc1ccc(C(=O)O)cc1. The standard InChI is InChI=1S/C25H20N2O6/c1-32-22-14-17(9-12-21(22)33-15-16-7-10-18(11-8-16)25(30)31)13-20-23(28)26-27(24(20)29)19-5-3-2-4-6-19/h2-14H,15H2,1H3,(H,26,28)(H,30,31)/b20-13-. The fourth-order valence-corrected chi connectivity index (χ4v) is 3.28. The third kappa shape index (κ3) is 4.69. The molecule has 4 rings (SSSR count). The number of aromatic carboxylic acids is 1. The van der Waals surface area contributed by atoms with Crippen molar-refractivity contribution in [2.24, 2.45) is 0 Å². The second kappa shape index (κ2) is 9.27. The van der Waals surface area contributed by atoms with E-state index in [9.17, 15) is 14.4 Å². The van der Waals surface area contributed by atoms with Gasteiger partial charge in [0.15, 0.2) is 11.5 Å². The van der Waals surface area contributed by atoms with Crippen LogP contribution in [0.1, 0.15) is 21.5 Å². The Morgan fingerprint density at radius 2 is 1.73 bits per heavy atom. The van der Waals surface area contributed by atoms with Crippen LogP contribution in [0.25, 0.3) is 6.08 Å². The molecule has 0 spiro atoms. The Hall–Kier alpha value is -4.59. The van der Waals surface area contributed by atoms with Crippen LogP contribution in [0.5, 0.6) is 11.5 Å². The summed E-state index contributed by atoms with van der Waals surface area (Å²) < 4.78 is 11.2. The molecular formula is C25H20N2O6. The molecular weight excluding hydrogens is 424 g/mol. The van der Waals surface area contributed by atoms with Crippen LogP contribution >= 0.6 is 0 Å². The molecule has 2 N–H and O–H groups in total. The van der Waals surface area contributed by atoms with E-state index < -0.39 is 17.8 Å². The average molecular weight is 444 g/mol. The first kappa shape index (κ1) is 21.6. The normalized spacial score (nSPS) is 14.3. The van der Waals surface area contributed by atoms with E-state index in [0.29, 0.717) is 22.7 Å². The summed E-state index contributed by atoms with van der Waals surface area (Å²) in [5, 5.41) is 10.2. The van der Waals surface area contributed by atoms with Gasteiger partial charge in [0, 0.05) is 0 Å². The number of para-hydroxylation sites is 1. The molecule has 3 aromatic rings. The Labute approximate surface area is 189 Å². The molecule has 1 aliphatic rings. The van der Waals surface area contributed by atoms with Crippen LogP contribution in [0.4, 0.5) is 5.69 Å². The second-order valence-electron chi connectivity index (χ2n) is 7.18. The minimum absolute atomic E-state index is 0.00750. The van der Waals surface area contributed by atoms with E-state index in [2.05, 4.69) is 5.43 Å². The molecule has 0 aliphatic carbocycles. The summed E-state index contributed by atoms with van der Waals surface area (Å²) in [7, 11) is 1.49. The lowest BCUT2D eigenvalue weighted by atomic mass is 10.1. The molecule has 33 heavy (non-hydrogen) atoms. The van der Waals surface area contributed by atoms with Crippen molar-refractivity contribution < 1.29 is 29.0 Å². The zero-order valence-corrected chi connectivity index (χ0v) is 17.6. The summed E-state index contributed by atoms with van der Waals surface area (Å²) in [5.74, 6) is -1.04. The topological polar surface area (TPSA) is 105 Å². The highest BCUT2D eigenvalue weighted by molar-refractivity contribution is 6.31. The van der Waals surface area contributed by atoms with E-state index in [1.54, 1.807) is 54.6 Å². The van der Waals surface area contributed by atoms with Gasteiger partial charge >= 0.3 is 5.97 Å². The number of hydrazine groups is 1. The molecule has 0 atom stereocenters. The molecule has 0 radical (unpaired) electrons. The van der Waals surface area contributed by atoms with Crippen molar-refractivity contribution >= 4 is 29.5 Å². The molecule has 0 bridgehead atoms. The van der Waals surface area contributed by atoms with Crippen molar-refractivity contribution in [1.29, 1.82) is 0 Å². The number of nitrogens with zero attached hydrogens (tertiary/aromatic N) is 1. The van der Waals surface area contributed by atoms with Gasteiger partial charge < -0.3 is 14.6 Å². The van der Waals surface area contributed by atoms with Gasteiger partial charge in [-0.2, -0.15) is 0 Å². The van der Waals surface area contributed by atoms with Crippen LogP contribution in [0, 0.1) is 0 Å². The van der Waals surface area contributed by atoms with Crippen molar-refractivity contribution in [1.82, 2.24) is 5.43 Å². The maximum Gasteiger partial charge on any atom is 0.335 e. The molecule has 1 fully saturated rings. The van der Waals surface area contributed by atoms with Crippen molar-refractivity contribution in [3.05, 3.63) is 95.1 Å². The number of benzene rings is 3. The number of amides is 2. The van der Waals surface area contributed by atoms with E-state index >= 15 is 0 Å². The summed E-state index contributed by atoms with van der Waals surface area (Å²) in [5.41, 5.74) is 4.73. The highest BCUT2D eigenvalue weighted by Gasteiger charge is 2.34. The van der Waals surface area contributed by atoms with Gasteiger partial charge in [0.2, 0.25) is 0 Å². The number of nitrogens with one attached hydrogen (secondary N) is 1. The number of carboxylic acid groups (broad SMARTS) is 1. The van der Waals surface area contributed by atoms with E-state index in [4.69, 9.17) is 14.6 Å². The highest BCUT2D eigenvalue weighted by Crippen LogP contribution is 2.30. The van der Waals surface area contributed by atoms with E-state index in [-0.39, 0.29) is 17.7 Å². The zero-order valence-electron chi connectivity index (χ0n) is 17.6. The van der Waals surface area contributed by atoms with Gasteiger partial charge in [-0.25, -0.2) is 9.80 Å². The maximum atomic E-state index is 12.7. The molecule has 0 aromatic heterocycles. The van der Waals surface area contributed by atoms with E-state index in [1.807, 2.05) is 6.07 Å². The van der Waals surface area contributed by atoms with Crippen molar-refractivity contribution in [2.75, 3.05) is 12.1 Å². The van der Waals surface area contributed by atoms with Crippen LogP contribution < -0.4 is 19.9 Å². The average Bonchev–Trinajstić information content (AvgIpc) is 3.12. The Morgan fingerprint density at radius 1 is 1.00 bits per heavy atom. The minimum Gasteiger partial charge on any atom is -0.493 e. The number of hydrogen-bond acceptors (Lipinski definition) is 5. The summed E-state index contributed by atoms with van der Waals surface area (Å²) >= 11 is 0. The first-order valence-corrected chi connectivity index (χ1v) is 10.0. The Morgan fingerprint density at radius 3 is 2.39 bits per heavy atom. The first-order valence-electron chi connectivity index (χ1n) is 10.0. The lowest BCUT2D eigenvalue weighted by Gasteiger charge is -2.14. The van der Waals surface area contributed by atoms with Gasteiger partial charge in [0.25, 0.3) is 11.8 Å². The van der Waals surface area contributed by atoms with Gasteiger partial charge in [-0.1, -0.05) is 36.4 Å². The fraction of sp³-hybridized carbons (Fsp3) is 0.0800. The number of rotatable bonds is 7. The molecule has 0 saturated carbocycles. The molecule has 1 aliphatic heterocycles. The van der Waals surface area contributed by atoms with Gasteiger partial charge in [0.05, 0.1) is 18.4 Å². The van der Waals surface area contributed by atoms with Gasteiger partial charge in [0.1, 0.15) is 12.2 Å². The zero-order chi connectivity index (χ0) is 23.4. The van der Waals surface area contributed by atoms with Crippen LogP contribution in [0.3, 0.4) is 0 Å². The fourth-order valence-electron chi connectivity index (χ4n) is 3.28. The molecule has 3 aromatic carbocycles. The monoisotopic (exact) mass is 444 g/mol. The van der Waals surface area contributed by atoms with E-state index in [0.717, 1.165) is 5.56 Å². The van der Waals surface area contributed by atoms with Crippen LogP contribution in [0.2, 0.25) is 0 Å². The van der Waals surface area contributed by atoms with Gasteiger partial charge in [-0.05, 0) is 53.6 Å². The molecule has 2 amide bonds. The third-order valence-corrected chi connectivity index (χ3v) is 5.00. The molecule has 8 nitrogen and oxygen atoms in total. The number of methoxy groups -OCH3 is 1. The molecule has 1 saturated heterocycles. The van der Waals surface area contributed by atoms with Crippen molar-refractivity contribution in [2.45, 2.75) is 6.61 Å². The predicted octanol–water partition coefficient (Wildman–Crippen LogP) is 3.43. The summed E-state index contributed by atoms with van der Waals surface area (Å²) in [6.45, 7) is 0.212. The Kier molecular flexibility index (Phi) is 6.08. The van der Waals surface area contributed by atoms with Gasteiger partial charge in [-0.3, -0.25) is 15.0 Å². The van der Waals surface area contributed by atoms with Gasteiger partial charge in [-0.15, -0.1) is 0 Å². The number of hydrogen-bond donors (Lipinski definition) is 2. The highest BCUT2D eigenvalue weighted by atomic mass is 16.5. The number of ether oxygens (including phenoxy) is 2.